The maximum absolute atomic E-state index is 13.1. The van der Waals surface area contributed by atoms with Crippen molar-refractivity contribution in [1.29, 1.82) is 0 Å². The lowest BCUT2D eigenvalue weighted by molar-refractivity contribution is 0.475. The van der Waals surface area contributed by atoms with Gasteiger partial charge in [-0.2, -0.15) is 0 Å². The van der Waals surface area contributed by atoms with Gasteiger partial charge in [-0.1, -0.05) is 29.8 Å². The molecule has 0 bridgehead atoms. The summed E-state index contributed by atoms with van der Waals surface area (Å²) < 4.78 is 13.1. The number of hydrogen-bond donors (Lipinski definition) is 2. The third-order valence-electron chi connectivity index (χ3n) is 3.24. The van der Waals surface area contributed by atoms with Crippen LogP contribution in [0, 0.1) is 5.82 Å². The minimum atomic E-state index is -0.397. The van der Waals surface area contributed by atoms with Gasteiger partial charge in [-0.25, -0.2) is 4.39 Å². The standard InChI is InChI=1S/C16H17ClFNO/c1-11(13-4-7-16(18)15(17)10-13)19-9-8-12-2-5-14(20)6-3-12/h2-7,10-11,19-20H,8-9H2,1H3. The highest BCUT2D eigenvalue weighted by Crippen LogP contribution is 2.20. The van der Waals surface area contributed by atoms with Crippen molar-refractivity contribution < 1.29 is 9.50 Å². The molecule has 2 aromatic carbocycles. The van der Waals surface area contributed by atoms with E-state index in [1.807, 2.05) is 19.1 Å². The molecule has 2 rings (SSSR count). The Morgan fingerprint density at radius 1 is 1.20 bits per heavy atom. The topological polar surface area (TPSA) is 32.3 Å². The average Bonchev–Trinajstić information content (AvgIpc) is 2.44. The summed E-state index contributed by atoms with van der Waals surface area (Å²) in [5.74, 6) is -0.122. The molecule has 2 aromatic rings. The van der Waals surface area contributed by atoms with Gasteiger partial charge in [0.25, 0.3) is 0 Å². The Morgan fingerprint density at radius 3 is 2.55 bits per heavy atom. The summed E-state index contributed by atoms with van der Waals surface area (Å²) in [5, 5.41) is 12.7. The quantitative estimate of drug-likeness (QED) is 0.871. The van der Waals surface area contributed by atoms with E-state index in [2.05, 4.69) is 5.32 Å². The summed E-state index contributed by atoms with van der Waals surface area (Å²) in [6.45, 7) is 2.81. The molecule has 0 fully saturated rings. The van der Waals surface area contributed by atoms with Gasteiger partial charge in [-0.3, -0.25) is 0 Å². The number of phenols is 1. The van der Waals surface area contributed by atoms with Crippen molar-refractivity contribution in [3.63, 3.8) is 0 Å². The molecule has 20 heavy (non-hydrogen) atoms. The summed E-state index contributed by atoms with van der Waals surface area (Å²) >= 11 is 5.78. The van der Waals surface area contributed by atoms with E-state index in [-0.39, 0.29) is 16.8 Å². The molecule has 0 aliphatic rings. The van der Waals surface area contributed by atoms with Gasteiger partial charge in [-0.05, 0) is 55.3 Å². The number of hydrogen-bond acceptors (Lipinski definition) is 2. The van der Waals surface area contributed by atoms with Crippen molar-refractivity contribution in [3.05, 3.63) is 64.4 Å². The van der Waals surface area contributed by atoms with Crippen molar-refractivity contribution in [2.45, 2.75) is 19.4 Å². The number of benzene rings is 2. The molecule has 2 N–H and O–H groups in total. The van der Waals surface area contributed by atoms with Crippen LogP contribution < -0.4 is 5.32 Å². The largest absolute Gasteiger partial charge is 0.508 e. The first-order valence-electron chi connectivity index (χ1n) is 6.52. The fourth-order valence-corrected chi connectivity index (χ4v) is 2.18. The molecule has 0 aromatic heterocycles. The van der Waals surface area contributed by atoms with Crippen molar-refractivity contribution >= 4 is 11.6 Å². The summed E-state index contributed by atoms with van der Waals surface area (Å²) in [6.07, 6.45) is 0.861. The third kappa shape index (κ3) is 3.95. The van der Waals surface area contributed by atoms with Gasteiger partial charge >= 0.3 is 0 Å². The third-order valence-corrected chi connectivity index (χ3v) is 3.53. The SMILES string of the molecule is CC(NCCc1ccc(O)cc1)c1ccc(F)c(Cl)c1. The van der Waals surface area contributed by atoms with Crippen LogP contribution in [0.15, 0.2) is 42.5 Å². The van der Waals surface area contributed by atoms with Crippen LogP contribution in [0.25, 0.3) is 0 Å². The molecule has 0 radical (unpaired) electrons. The second-order valence-electron chi connectivity index (χ2n) is 4.77. The van der Waals surface area contributed by atoms with E-state index < -0.39 is 5.82 Å². The van der Waals surface area contributed by atoms with E-state index >= 15 is 0 Å². The van der Waals surface area contributed by atoms with Gasteiger partial charge in [0.2, 0.25) is 0 Å². The first-order chi connectivity index (χ1) is 9.56. The highest BCUT2D eigenvalue weighted by Gasteiger charge is 2.07. The van der Waals surface area contributed by atoms with Gasteiger partial charge in [0.1, 0.15) is 11.6 Å². The first-order valence-corrected chi connectivity index (χ1v) is 6.90. The molecule has 1 unspecified atom stereocenters. The van der Waals surface area contributed by atoms with Crippen LogP contribution in [-0.4, -0.2) is 11.7 Å². The van der Waals surface area contributed by atoms with Crippen LogP contribution in [0.5, 0.6) is 5.75 Å². The van der Waals surface area contributed by atoms with Crippen LogP contribution in [0.3, 0.4) is 0 Å². The molecule has 0 aliphatic carbocycles. The Hall–Kier alpha value is -1.58. The van der Waals surface area contributed by atoms with Crippen LogP contribution in [0.2, 0.25) is 5.02 Å². The summed E-state index contributed by atoms with van der Waals surface area (Å²) in [7, 11) is 0. The fourth-order valence-electron chi connectivity index (χ4n) is 2.00. The zero-order valence-electron chi connectivity index (χ0n) is 11.2. The van der Waals surface area contributed by atoms with Gasteiger partial charge in [0.05, 0.1) is 5.02 Å². The number of rotatable bonds is 5. The lowest BCUT2D eigenvalue weighted by atomic mass is 10.1. The maximum atomic E-state index is 13.1. The van der Waals surface area contributed by atoms with Crippen LogP contribution in [-0.2, 0) is 6.42 Å². The lowest BCUT2D eigenvalue weighted by Crippen LogP contribution is -2.21. The average molecular weight is 294 g/mol. The number of aromatic hydroxyl groups is 1. The van der Waals surface area contributed by atoms with Gasteiger partial charge < -0.3 is 10.4 Å². The maximum Gasteiger partial charge on any atom is 0.141 e. The van der Waals surface area contributed by atoms with Crippen molar-refractivity contribution in [3.8, 4) is 5.75 Å². The lowest BCUT2D eigenvalue weighted by Gasteiger charge is -2.14. The molecule has 0 saturated heterocycles. The van der Waals surface area contributed by atoms with E-state index in [0.29, 0.717) is 0 Å². The minimum Gasteiger partial charge on any atom is -0.508 e. The van der Waals surface area contributed by atoms with Crippen molar-refractivity contribution in [2.24, 2.45) is 0 Å². The normalized spacial score (nSPS) is 12.3. The van der Waals surface area contributed by atoms with E-state index in [1.165, 1.54) is 6.07 Å². The second-order valence-corrected chi connectivity index (χ2v) is 5.17. The summed E-state index contributed by atoms with van der Waals surface area (Å²) in [6, 6.07) is 12.0. The first kappa shape index (κ1) is 14.8. The van der Waals surface area contributed by atoms with Crippen molar-refractivity contribution in [2.75, 3.05) is 6.54 Å². The number of halogens is 2. The Balaban J connectivity index is 1.87. The Kier molecular flexibility index (Phi) is 4.99. The van der Waals surface area contributed by atoms with Gasteiger partial charge in [0.15, 0.2) is 0 Å². The zero-order chi connectivity index (χ0) is 14.5. The monoisotopic (exact) mass is 293 g/mol. The number of phenolic OH excluding ortho intramolecular Hbond substituents is 1. The van der Waals surface area contributed by atoms with Crippen LogP contribution in [0.4, 0.5) is 4.39 Å². The highest BCUT2D eigenvalue weighted by molar-refractivity contribution is 6.30. The molecule has 4 heteroatoms. The second kappa shape index (κ2) is 6.73. The fraction of sp³-hybridized carbons (Fsp3) is 0.250. The molecule has 0 heterocycles. The molecule has 2 nitrogen and oxygen atoms in total. The molecule has 0 aliphatic heterocycles. The summed E-state index contributed by atoms with van der Waals surface area (Å²) in [5.41, 5.74) is 2.11. The van der Waals surface area contributed by atoms with Crippen LogP contribution >= 0.6 is 11.6 Å². The minimum absolute atomic E-state index is 0.102. The van der Waals surface area contributed by atoms with E-state index in [9.17, 15) is 9.50 Å². The van der Waals surface area contributed by atoms with E-state index in [1.54, 1.807) is 24.3 Å². The molecular formula is C16H17ClFNO. The van der Waals surface area contributed by atoms with E-state index in [4.69, 9.17) is 11.6 Å². The molecule has 106 valence electrons. The van der Waals surface area contributed by atoms with Crippen LogP contribution in [0.1, 0.15) is 24.1 Å². The number of nitrogens with one attached hydrogen (secondary N) is 1. The molecular weight excluding hydrogens is 277 g/mol. The predicted molar refractivity (Wildman–Crippen MR) is 79.6 cm³/mol. The summed E-state index contributed by atoms with van der Waals surface area (Å²) in [4.78, 5) is 0. The highest BCUT2D eigenvalue weighted by atomic mass is 35.5. The van der Waals surface area contributed by atoms with Gasteiger partial charge in [-0.15, -0.1) is 0 Å². The van der Waals surface area contributed by atoms with E-state index in [0.717, 1.165) is 24.1 Å². The Morgan fingerprint density at radius 2 is 1.90 bits per heavy atom. The molecule has 0 amide bonds. The Bertz CT molecular complexity index is 571. The zero-order valence-corrected chi connectivity index (χ0v) is 12.0. The molecule has 1 atom stereocenters. The molecule has 0 saturated carbocycles. The predicted octanol–water partition coefficient (Wildman–Crippen LogP) is 4.08. The van der Waals surface area contributed by atoms with Gasteiger partial charge in [0, 0.05) is 6.04 Å². The Labute approximate surface area is 123 Å². The molecule has 0 spiro atoms. The van der Waals surface area contributed by atoms with Crippen molar-refractivity contribution in [1.82, 2.24) is 5.32 Å². The smallest absolute Gasteiger partial charge is 0.141 e.